The molecule has 6 nitrogen and oxygen atoms in total. The molecule has 1 amide bonds. The highest BCUT2D eigenvalue weighted by Gasteiger charge is 2.19. The predicted octanol–water partition coefficient (Wildman–Crippen LogP) is 4.77. The van der Waals surface area contributed by atoms with Crippen molar-refractivity contribution in [2.45, 2.75) is 60.5 Å². The largest absolute Gasteiger partial charge is 0.307 e. The molecule has 1 aromatic carbocycles. The number of nitrogens with zero attached hydrogens (tertiary/aromatic N) is 4. The molecule has 1 N–H and O–H groups in total. The predicted molar refractivity (Wildman–Crippen MR) is 122 cm³/mol. The molecule has 0 unspecified atom stereocenters. The molecule has 0 fully saturated rings. The van der Waals surface area contributed by atoms with E-state index in [0.29, 0.717) is 12.4 Å². The number of aromatic nitrogens is 4. The number of benzene rings is 1. The van der Waals surface area contributed by atoms with Crippen LogP contribution in [0.1, 0.15) is 54.5 Å². The zero-order valence-electron chi connectivity index (χ0n) is 18.9. The third-order valence-corrected chi connectivity index (χ3v) is 5.01. The Labute approximate surface area is 178 Å². The van der Waals surface area contributed by atoms with E-state index in [1.807, 2.05) is 42.3 Å². The van der Waals surface area contributed by atoms with Crippen LogP contribution in [-0.2, 0) is 16.9 Å². The van der Waals surface area contributed by atoms with Crippen LogP contribution in [0.2, 0.25) is 0 Å². The standard InChI is InChI=1S/C24H31N5O/c1-16-8-10-20(11-9-16)15-28-19(4)21(18(3)27-28)12-13-23(30)25-22-14-17(2)26-29(22)24(5,6)7/h8-14H,15H2,1-7H3,(H,25,30)/b13-12+. The Kier molecular flexibility index (Phi) is 5.97. The van der Waals surface area contributed by atoms with Gasteiger partial charge in [-0.2, -0.15) is 10.2 Å². The molecule has 3 rings (SSSR count). The van der Waals surface area contributed by atoms with Crippen LogP contribution in [0.3, 0.4) is 0 Å². The molecule has 158 valence electrons. The fourth-order valence-corrected chi connectivity index (χ4v) is 3.40. The van der Waals surface area contributed by atoms with Crippen molar-refractivity contribution >= 4 is 17.8 Å². The monoisotopic (exact) mass is 405 g/mol. The second kappa shape index (κ2) is 8.30. The lowest BCUT2D eigenvalue weighted by Crippen LogP contribution is -2.26. The Morgan fingerprint density at radius 1 is 1.07 bits per heavy atom. The molecular formula is C24H31N5O. The number of rotatable bonds is 5. The molecule has 0 saturated carbocycles. The minimum Gasteiger partial charge on any atom is -0.307 e. The van der Waals surface area contributed by atoms with Crippen LogP contribution in [0.5, 0.6) is 0 Å². The highest BCUT2D eigenvalue weighted by Crippen LogP contribution is 2.21. The summed E-state index contributed by atoms with van der Waals surface area (Å²) in [6.45, 7) is 14.9. The zero-order valence-corrected chi connectivity index (χ0v) is 18.9. The Balaban J connectivity index is 1.76. The molecule has 3 aromatic rings. The number of carbonyl (C=O) groups is 1. The summed E-state index contributed by atoms with van der Waals surface area (Å²) in [7, 11) is 0. The average Bonchev–Trinajstić information content (AvgIpc) is 3.15. The first kappa shape index (κ1) is 21.6. The fourth-order valence-electron chi connectivity index (χ4n) is 3.40. The number of anilines is 1. The lowest BCUT2D eigenvalue weighted by atomic mass is 10.1. The van der Waals surface area contributed by atoms with Crippen molar-refractivity contribution < 1.29 is 4.79 Å². The van der Waals surface area contributed by atoms with Crippen LogP contribution in [-0.4, -0.2) is 25.5 Å². The SMILES string of the molecule is Cc1ccc(Cn2nc(C)c(/C=C/C(=O)Nc3cc(C)nn3C(C)(C)C)c2C)cc1. The van der Waals surface area contributed by atoms with Gasteiger partial charge in [0, 0.05) is 23.4 Å². The smallest absolute Gasteiger partial charge is 0.249 e. The Morgan fingerprint density at radius 2 is 1.73 bits per heavy atom. The maximum Gasteiger partial charge on any atom is 0.249 e. The van der Waals surface area contributed by atoms with E-state index < -0.39 is 0 Å². The first-order valence-corrected chi connectivity index (χ1v) is 10.2. The van der Waals surface area contributed by atoms with Crippen molar-refractivity contribution in [3.8, 4) is 0 Å². The number of amides is 1. The molecule has 0 aliphatic carbocycles. The van der Waals surface area contributed by atoms with Crippen LogP contribution in [0, 0.1) is 27.7 Å². The molecular weight excluding hydrogens is 374 g/mol. The third kappa shape index (κ3) is 4.87. The summed E-state index contributed by atoms with van der Waals surface area (Å²) in [6.07, 6.45) is 3.39. The molecule has 0 atom stereocenters. The van der Waals surface area contributed by atoms with E-state index in [-0.39, 0.29) is 11.4 Å². The van der Waals surface area contributed by atoms with E-state index in [2.05, 4.69) is 67.5 Å². The molecule has 6 heteroatoms. The second-order valence-electron chi connectivity index (χ2n) is 8.80. The van der Waals surface area contributed by atoms with Crippen molar-refractivity contribution in [3.63, 3.8) is 0 Å². The van der Waals surface area contributed by atoms with Crippen molar-refractivity contribution in [3.05, 3.63) is 70.2 Å². The van der Waals surface area contributed by atoms with Gasteiger partial charge in [-0.05, 0) is 60.1 Å². The van der Waals surface area contributed by atoms with Gasteiger partial charge < -0.3 is 5.32 Å². The van der Waals surface area contributed by atoms with E-state index in [4.69, 9.17) is 0 Å². The summed E-state index contributed by atoms with van der Waals surface area (Å²) in [5.74, 6) is 0.503. The first-order valence-electron chi connectivity index (χ1n) is 10.2. The lowest BCUT2D eigenvalue weighted by Gasteiger charge is -2.22. The molecule has 30 heavy (non-hydrogen) atoms. The molecule has 0 saturated heterocycles. The summed E-state index contributed by atoms with van der Waals surface area (Å²) in [5, 5.41) is 12.1. The van der Waals surface area contributed by atoms with Gasteiger partial charge in [-0.15, -0.1) is 0 Å². The van der Waals surface area contributed by atoms with Crippen molar-refractivity contribution in [1.29, 1.82) is 0 Å². The Bertz CT molecular complexity index is 1080. The lowest BCUT2D eigenvalue weighted by molar-refractivity contribution is -0.111. The van der Waals surface area contributed by atoms with E-state index in [0.717, 1.165) is 22.6 Å². The van der Waals surface area contributed by atoms with Gasteiger partial charge in [0.05, 0.1) is 23.5 Å². The summed E-state index contributed by atoms with van der Waals surface area (Å²) < 4.78 is 3.82. The molecule has 0 aliphatic heterocycles. The molecule has 2 heterocycles. The second-order valence-corrected chi connectivity index (χ2v) is 8.80. The number of nitrogens with one attached hydrogen (secondary N) is 1. The average molecular weight is 406 g/mol. The molecule has 0 bridgehead atoms. The van der Waals surface area contributed by atoms with Gasteiger partial charge in [-0.3, -0.25) is 9.48 Å². The van der Waals surface area contributed by atoms with Crippen molar-refractivity contribution in [2.24, 2.45) is 0 Å². The zero-order chi connectivity index (χ0) is 22.1. The Hall–Kier alpha value is -3.15. The summed E-state index contributed by atoms with van der Waals surface area (Å²) in [4.78, 5) is 12.6. The minimum absolute atomic E-state index is 0.189. The number of hydrogen-bond acceptors (Lipinski definition) is 3. The first-order chi connectivity index (χ1) is 14.0. The van der Waals surface area contributed by atoms with Gasteiger partial charge in [0.1, 0.15) is 5.82 Å². The maximum atomic E-state index is 12.6. The van der Waals surface area contributed by atoms with Crippen molar-refractivity contribution in [1.82, 2.24) is 19.6 Å². The van der Waals surface area contributed by atoms with Crippen molar-refractivity contribution in [2.75, 3.05) is 5.32 Å². The molecule has 0 spiro atoms. The van der Waals surface area contributed by atoms with Crippen LogP contribution in [0.15, 0.2) is 36.4 Å². The minimum atomic E-state index is -0.217. The highest BCUT2D eigenvalue weighted by molar-refractivity contribution is 6.01. The van der Waals surface area contributed by atoms with E-state index in [9.17, 15) is 4.79 Å². The number of hydrogen-bond donors (Lipinski definition) is 1. The third-order valence-electron chi connectivity index (χ3n) is 5.01. The number of carbonyl (C=O) groups excluding carboxylic acids is 1. The van der Waals surface area contributed by atoms with Crippen LogP contribution in [0.25, 0.3) is 6.08 Å². The van der Waals surface area contributed by atoms with Gasteiger partial charge in [-0.1, -0.05) is 29.8 Å². The molecule has 0 aliphatic rings. The number of aryl methyl sites for hydroxylation is 3. The summed E-state index contributed by atoms with van der Waals surface area (Å²) in [6, 6.07) is 10.3. The van der Waals surface area contributed by atoms with E-state index in [1.54, 1.807) is 6.08 Å². The van der Waals surface area contributed by atoms with Gasteiger partial charge in [0.15, 0.2) is 0 Å². The highest BCUT2D eigenvalue weighted by atomic mass is 16.1. The summed E-state index contributed by atoms with van der Waals surface area (Å²) in [5.41, 5.74) is 6.00. The maximum absolute atomic E-state index is 12.6. The Morgan fingerprint density at radius 3 is 2.37 bits per heavy atom. The van der Waals surface area contributed by atoms with Gasteiger partial charge in [-0.25, -0.2) is 4.68 Å². The van der Waals surface area contributed by atoms with Gasteiger partial charge in [0.25, 0.3) is 0 Å². The van der Waals surface area contributed by atoms with Crippen LogP contribution in [0.4, 0.5) is 5.82 Å². The normalized spacial score (nSPS) is 12.0. The van der Waals surface area contributed by atoms with E-state index in [1.165, 1.54) is 11.1 Å². The topological polar surface area (TPSA) is 64.7 Å². The molecule has 0 radical (unpaired) electrons. The molecule has 2 aromatic heterocycles. The van der Waals surface area contributed by atoms with E-state index >= 15 is 0 Å². The van der Waals surface area contributed by atoms with Gasteiger partial charge in [0.2, 0.25) is 5.91 Å². The van der Waals surface area contributed by atoms with Gasteiger partial charge >= 0.3 is 0 Å². The summed E-state index contributed by atoms with van der Waals surface area (Å²) >= 11 is 0. The quantitative estimate of drug-likeness (QED) is 0.622. The fraction of sp³-hybridized carbons (Fsp3) is 0.375. The van der Waals surface area contributed by atoms with Crippen LogP contribution >= 0.6 is 0 Å². The van der Waals surface area contributed by atoms with Crippen LogP contribution < -0.4 is 5.32 Å².